The van der Waals surface area contributed by atoms with E-state index in [9.17, 15) is 4.79 Å². The molecule has 0 aliphatic carbocycles. The Kier molecular flexibility index (Phi) is 6.85. The molecule has 0 aliphatic rings. The molecule has 0 heterocycles. The lowest BCUT2D eigenvalue weighted by atomic mass is 10.1. The van der Waals surface area contributed by atoms with Gasteiger partial charge in [0.15, 0.2) is 11.5 Å². The van der Waals surface area contributed by atoms with Gasteiger partial charge in [-0.3, -0.25) is 0 Å². The minimum atomic E-state index is -0.942. The third kappa shape index (κ3) is 5.24. The number of aromatic carboxylic acids is 1. The van der Waals surface area contributed by atoms with E-state index >= 15 is 0 Å². The molecule has 0 unspecified atom stereocenters. The van der Waals surface area contributed by atoms with Crippen LogP contribution in [0.15, 0.2) is 54.6 Å². The first-order valence-corrected chi connectivity index (χ1v) is 9.87. The van der Waals surface area contributed by atoms with Crippen molar-refractivity contribution in [2.45, 2.75) is 27.0 Å². The number of nitrogens with one attached hydrogen (secondary N) is 1. The zero-order valence-electron chi connectivity index (χ0n) is 17.2. The molecular formula is C24H24ClNO4. The summed E-state index contributed by atoms with van der Waals surface area (Å²) >= 11 is 6.48. The van der Waals surface area contributed by atoms with Crippen LogP contribution in [-0.2, 0) is 13.2 Å². The van der Waals surface area contributed by atoms with Crippen molar-refractivity contribution in [3.05, 3.63) is 87.4 Å². The molecule has 0 bridgehead atoms. The number of carbonyl (C=O) groups is 1. The number of ether oxygens (including phenoxy) is 2. The van der Waals surface area contributed by atoms with Crippen molar-refractivity contribution in [2.24, 2.45) is 0 Å². The lowest BCUT2D eigenvalue weighted by molar-refractivity contribution is 0.0697. The van der Waals surface area contributed by atoms with E-state index in [-0.39, 0.29) is 5.56 Å². The average molecular weight is 426 g/mol. The van der Waals surface area contributed by atoms with Crippen LogP contribution in [0.2, 0.25) is 5.02 Å². The Morgan fingerprint density at radius 3 is 2.53 bits per heavy atom. The first kappa shape index (κ1) is 21.5. The van der Waals surface area contributed by atoms with Crippen LogP contribution in [0.5, 0.6) is 11.5 Å². The van der Waals surface area contributed by atoms with Crippen molar-refractivity contribution >= 4 is 23.3 Å². The maximum atomic E-state index is 11.1. The van der Waals surface area contributed by atoms with Crippen molar-refractivity contribution in [1.82, 2.24) is 0 Å². The lowest BCUT2D eigenvalue weighted by Crippen LogP contribution is -2.04. The van der Waals surface area contributed by atoms with Gasteiger partial charge in [-0.15, -0.1) is 0 Å². The number of halogens is 1. The molecule has 156 valence electrons. The summed E-state index contributed by atoms with van der Waals surface area (Å²) in [5, 5.41) is 12.9. The molecular weight excluding hydrogens is 402 g/mol. The highest BCUT2D eigenvalue weighted by molar-refractivity contribution is 6.32. The fraction of sp³-hybridized carbons (Fsp3) is 0.208. The van der Waals surface area contributed by atoms with E-state index in [0.29, 0.717) is 29.7 Å². The van der Waals surface area contributed by atoms with Crippen molar-refractivity contribution in [3.63, 3.8) is 0 Å². The molecule has 3 aromatic carbocycles. The van der Waals surface area contributed by atoms with Gasteiger partial charge in [-0.2, -0.15) is 0 Å². The number of anilines is 1. The van der Waals surface area contributed by atoms with Gasteiger partial charge < -0.3 is 19.9 Å². The summed E-state index contributed by atoms with van der Waals surface area (Å²) in [5.74, 6) is 0.124. The number of carboxylic acids is 1. The van der Waals surface area contributed by atoms with E-state index in [1.165, 1.54) is 5.56 Å². The minimum absolute atomic E-state index is 0.262. The van der Waals surface area contributed by atoms with Gasteiger partial charge in [0.2, 0.25) is 0 Å². The number of hydrogen-bond donors (Lipinski definition) is 2. The van der Waals surface area contributed by atoms with Crippen molar-refractivity contribution < 1.29 is 19.4 Å². The van der Waals surface area contributed by atoms with Crippen LogP contribution in [-0.4, -0.2) is 18.2 Å². The van der Waals surface area contributed by atoms with E-state index < -0.39 is 5.97 Å². The molecule has 0 aliphatic heterocycles. The van der Waals surface area contributed by atoms with Gasteiger partial charge in [-0.1, -0.05) is 41.4 Å². The van der Waals surface area contributed by atoms with Gasteiger partial charge >= 0.3 is 5.97 Å². The second-order valence-corrected chi connectivity index (χ2v) is 7.48. The molecule has 3 aromatic rings. The van der Waals surface area contributed by atoms with Crippen molar-refractivity contribution in [2.75, 3.05) is 12.4 Å². The van der Waals surface area contributed by atoms with Crippen LogP contribution < -0.4 is 14.8 Å². The number of carboxylic acid groups (broad SMARTS) is 1. The quantitative estimate of drug-likeness (QED) is 0.473. The summed E-state index contributed by atoms with van der Waals surface area (Å²) in [6.07, 6.45) is 0. The van der Waals surface area contributed by atoms with Gasteiger partial charge in [-0.25, -0.2) is 4.79 Å². The molecule has 0 spiro atoms. The minimum Gasteiger partial charge on any atom is -0.493 e. The maximum Gasteiger partial charge on any atom is 0.335 e. The smallest absolute Gasteiger partial charge is 0.335 e. The number of methoxy groups -OCH3 is 1. The first-order chi connectivity index (χ1) is 14.4. The number of benzene rings is 3. The molecule has 0 radical (unpaired) electrons. The van der Waals surface area contributed by atoms with Gasteiger partial charge in [0.1, 0.15) is 6.61 Å². The van der Waals surface area contributed by atoms with Gasteiger partial charge in [-0.05, 0) is 60.9 Å². The number of aryl methyl sites for hydroxylation is 2. The van der Waals surface area contributed by atoms with Gasteiger partial charge in [0.25, 0.3) is 0 Å². The largest absolute Gasteiger partial charge is 0.493 e. The molecule has 0 saturated carbocycles. The predicted molar refractivity (Wildman–Crippen MR) is 119 cm³/mol. The molecule has 5 nitrogen and oxygen atoms in total. The van der Waals surface area contributed by atoms with Crippen LogP contribution in [0.1, 0.15) is 32.6 Å². The van der Waals surface area contributed by atoms with E-state index in [2.05, 4.69) is 11.4 Å². The molecule has 0 atom stereocenters. The van der Waals surface area contributed by atoms with E-state index in [1.807, 2.05) is 44.2 Å². The molecule has 0 fully saturated rings. The van der Waals surface area contributed by atoms with Crippen LogP contribution >= 0.6 is 11.6 Å². The standard InChI is InChI=1S/C24H24ClNO4/c1-15-5-4-6-17(9-15)14-30-23-20(25)11-18(12-22(23)29-3)13-26-21-8-7-19(24(27)28)10-16(21)2/h4-12,26H,13-14H2,1-3H3,(H,27,28). The number of rotatable bonds is 8. The Labute approximate surface area is 181 Å². The van der Waals surface area contributed by atoms with Gasteiger partial charge in [0.05, 0.1) is 17.7 Å². The summed E-state index contributed by atoms with van der Waals surface area (Å²) < 4.78 is 11.4. The summed E-state index contributed by atoms with van der Waals surface area (Å²) in [6, 6.07) is 16.8. The normalized spacial score (nSPS) is 10.5. The monoisotopic (exact) mass is 425 g/mol. The first-order valence-electron chi connectivity index (χ1n) is 9.50. The molecule has 0 aromatic heterocycles. The Bertz CT molecular complexity index is 1070. The summed E-state index contributed by atoms with van der Waals surface area (Å²) in [6.45, 7) is 4.80. The second-order valence-electron chi connectivity index (χ2n) is 7.08. The Balaban J connectivity index is 1.72. The molecule has 6 heteroatoms. The fourth-order valence-corrected chi connectivity index (χ4v) is 3.45. The van der Waals surface area contributed by atoms with Crippen LogP contribution in [0.25, 0.3) is 0 Å². The lowest BCUT2D eigenvalue weighted by Gasteiger charge is -2.16. The number of hydrogen-bond acceptors (Lipinski definition) is 4. The highest BCUT2D eigenvalue weighted by atomic mass is 35.5. The Hall–Kier alpha value is -3.18. The second kappa shape index (κ2) is 9.55. The third-order valence-electron chi connectivity index (χ3n) is 4.71. The van der Waals surface area contributed by atoms with Crippen LogP contribution in [0.4, 0.5) is 5.69 Å². The van der Waals surface area contributed by atoms with Crippen molar-refractivity contribution in [3.8, 4) is 11.5 Å². The highest BCUT2D eigenvalue weighted by Crippen LogP contribution is 2.37. The third-order valence-corrected chi connectivity index (χ3v) is 4.99. The van der Waals surface area contributed by atoms with Crippen LogP contribution in [0.3, 0.4) is 0 Å². The highest BCUT2D eigenvalue weighted by Gasteiger charge is 2.13. The van der Waals surface area contributed by atoms with Crippen molar-refractivity contribution in [1.29, 1.82) is 0 Å². The Morgan fingerprint density at radius 2 is 1.87 bits per heavy atom. The maximum absolute atomic E-state index is 11.1. The summed E-state index contributed by atoms with van der Waals surface area (Å²) in [5.41, 5.74) is 5.11. The topological polar surface area (TPSA) is 67.8 Å². The molecule has 0 saturated heterocycles. The zero-order valence-corrected chi connectivity index (χ0v) is 17.9. The predicted octanol–water partition coefficient (Wildman–Crippen LogP) is 5.85. The SMILES string of the molecule is COc1cc(CNc2ccc(C(=O)O)cc2C)cc(Cl)c1OCc1cccc(C)c1. The molecule has 3 rings (SSSR count). The molecule has 0 amide bonds. The summed E-state index contributed by atoms with van der Waals surface area (Å²) in [7, 11) is 1.58. The Morgan fingerprint density at radius 1 is 1.07 bits per heavy atom. The molecule has 30 heavy (non-hydrogen) atoms. The average Bonchev–Trinajstić information content (AvgIpc) is 2.71. The van der Waals surface area contributed by atoms with E-state index in [4.69, 9.17) is 26.2 Å². The molecule has 2 N–H and O–H groups in total. The van der Waals surface area contributed by atoms with Gasteiger partial charge in [0, 0.05) is 12.2 Å². The van der Waals surface area contributed by atoms with Crippen LogP contribution in [0, 0.1) is 13.8 Å². The zero-order chi connectivity index (χ0) is 21.7. The summed E-state index contributed by atoms with van der Waals surface area (Å²) in [4.78, 5) is 11.1. The van der Waals surface area contributed by atoms with E-state index in [0.717, 1.165) is 22.4 Å². The fourth-order valence-electron chi connectivity index (χ4n) is 3.17. The van der Waals surface area contributed by atoms with E-state index in [1.54, 1.807) is 25.3 Å².